The second kappa shape index (κ2) is 6.47. The predicted octanol–water partition coefficient (Wildman–Crippen LogP) is 1.61. The molecule has 184 valence electrons. The quantitative estimate of drug-likeness (QED) is 0.715. The molecule has 2 bridgehead atoms. The maximum absolute atomic E-state index is 12.8. The van der Waals surface area contributed by atoms with Crippen LogP contribution in [0.5, 0.6) is 11.5 Å². The minimum absolute atomic E-state index is 0.0476. The van der Waals surface area contributed by atoms with Gasteiger partial charge in [0.1, 0.15) is 30.4 Å². The van der Waals surface area contributed by atoms with Gasteiger partial charge in [0.25, 0.3) is 0 Å². The van der Waals surface area contributed by atoms with E-state index in [0.29, 0.717) is 32.0 Å². The van der Waals surface area contributed by atoms with Gasteiger partial charge >= 0.3 is 0 Å². The Morgan fingerprint density at radius 2 is 2.00 bits per heavy atom. The van der Waals surface area contributed by atoms with E-state index in [0.717, 1.165) is 37.4 Å². The molecule has 0 amide bonds. The molecule has 34 heavy (non-hydrogen) atoms. The van der Waals surface area contributed by atoms with E-state index in [4.69, 9.17) is 23.7 Å². The van der Waals surface area contributed by atoms with Crippen LogP contribution < -0.4 is 9.47 Å². The van der Waals surface area contributed by atoms with Gasteiger partial charge in [-0.25, -0.2) is 4.90 Å². The molecule has 0 unspecified atom stereocenters. The van der Waals surface area contributed by atoms with E-state index in [1.165, 1.54) is 11.1 Å². The molecule has 1 aromatic carbocycles. The fourth-order valence-corrected chi connectivity index (χ4v) is 8.92. The van der Waals surface area contributed by atoms with Crippen LogP contribution in [0.1, 0.15) is 44.2 Å². The summed E-state index contributed by atoms with van der Waals surface area (Å²) in [5.74, 6) is 2.10. The Morgan fingerprint density at radius 1 is 1.15 bits per heavy atom. The van der Waals surface area contributed by atoms with Gasteiger partial charge in [0.15, 0.2) is 11.5 Å². The number of aliphatic hydroxyl groups is 1. The van der Waals surface area contributed by atoms with Gasteiger partial charge in [-0.05, 0) is 49.8 Å². The van der Waals surface area contributed by atoms with Crippen molar-refractivity contribution in [1.82, 2.24) is 9.80 Å². The lowest BCUT2D eigenvalue weighted by Crippen LogP contribution is -2.80. The number of methoxy groups -OCH3 is 1. The largest absolute Gasteiger partial charge is 0.493 e. The zero-order valence-electron chi connectivity index (χ0n) is 20.2. The smallest absolute Gasteiger partial charge is 0.166 e. The summed E-state index contributed by atoms with van der Waals surface area (Å²) in [5.41, 5.74) is 0.388. The molecule has 0 aromatic heterocycles. The molecule has 1 N–H and O–H groups in total. The fourth-order valence-electron chi connectivity index (χ4n) is 8.92. The number of hydrogen-bond acceptors (Lipinski definition) is 8. The Bertz CT molecular complexity index is 1070. The van der Waals surface area contributed by atoms with Crippen molar-refractivity contribution in [2.45, 2.75) is 87.0 Å². The third kappa shape index (κ3) is 2.11. The van der Waals surface area contributed by atoms with Gasteiger partial charge in [-0.2, -0.15) is 0 Å². The van der Waals surface area contributed by atoms with Crippen molar-refractivity contribution >= 4 is 0 Å². The minimum atomic E-state index is -0.883. The monoisotopic (exact) mass is 470 g/mol. The Morgan fingerprint density at radius 3 is 2.82 bits per heavy atom. The van der Waals surface area contributed by atoms with Crippen LogP contribution in [-0.2, 0) is 26.0 Å². The fraction of sp³-hybridized carbons (Fsp3) is 0.769. The van der Waals surface area contributed by atoms with Gasteiger partial charge in [-0.15, -0.1) is 0 Å². The van der Waals surface area contributed by atoms with Crippen molar-refractivity contribution in [2.24, 2.45) is 5.92 Å². The third-order valence-corrected chi connectivity index (χ3v) is 10.0. The standard InChI is InChI=1S/C26H34N2O6/c1-14(2)11-27-9-8-24-20-15-4-5-16(30-3)21(20)33-22(24)25(6-7-26(24,29)17(27)10-15)23-28-18(12-32-23)31-13-19(28)34-25/h4-5,14,17-19,22-23,29H,6-13H2,1-3H3/t17-,18-,19-,22-,23-,24+,25+,26-/m1/s1. The Labute approximate surface area is 200 Å². The number of rotatable bonds is 3. The first-order chi connectivity index (χ1) is 16.4. The van der Waals surface area contributed by atoms with Crippen LogP contribution >= 0.6 is 0 Å². The van der Waals surface area contributed by atoms with Crippen molar-refractivity contribution in [3.63, 3.8) is 0 Å². The second-order valence-corrected chi connectivity index (χ2v) is 11.8. The second-order valence-electron chi connectivity index (χ2n) is 11.8. The van der Waals surface area contributed by atoms with Crippen molar-refractivity contribution in [3.8, 4) is 11.5 Å². The summed E-state index contributed by atoms with van der Waals surface area (Å²) in [7, 11) is 1.70. The van der Waals surface area contributed by atoms with Crippen LogP contribution in [0.3, 0.4) is 0 Å². The molecule has 0 radical (unpaired) electrons. The average molecular weight is 471 g/mol. The molecule has 7 aliphatic rings. The van der Waals surface area contributed by atoms with E-state index in [-0.39, 0.29) is 30.8 Å². The highest BCUT2D eigenvalue weighted by Crippen LogP contribution is 2.69. The van der Waals surface area contributed by atoms with Crippen molar-refractivity contribution in [2.75, 3.05) is 33.4 Å². The number of piperidine rings is 1. The first-order valence-corrected chi connectivity index (χ1v) is 12.9. The Balaban J connectivity index is 1.33. The molecule has 5 fully saturated rings. The van der Waals surface area contributed by atoms with Gasteiger partial charge in [0.05, 0.1) is 31.3 Å². The topological polar surface area (TPSA) is 72.9 Å². The first kappa shape index (κ1) is 20.7. The molecule has 2 spiro atoms. The van der Waals surface area contributed by atoms with Crippen molar-refractivity contribution < 1.29 is 28.8 Å². The van der Waals surface area contributed by atoms with Crippen LogP contribution in [0.25, 0.3) is 0 Å². The predicted molar refractivity (Wildman–Crippen MR) is 121 cm³/mol. The summed E-state index contributed by atoms with van der Waals surface area (Å²) in [4.78, 5) is 4.81. The van der Waals surface area contributed by atoms with E-state index in [1.54, 1.807) is 7.11 Å². The van der Waals surface area contributed by atoms with E-state index in [9.17, 15) is 5.11 Å². The average Bonchev–Trinajstić information content (AvgIpc) is 3.54. The van der Waals surface area contributed by atoms with Crippen LogP contribution in [-0.4, -0.2) is 90.4 Å². The van der Waals surface area contributed by atoms with Gasteiger partial charge < -0.3 is 28.8 Å². The minimum Gasteiger partial charge on any atom is -0.493 e. The highest BCUT2D eigenvalue weighted by atomic mass is 16.7. The van der Waals surface area contributed by atoms with E-state index in [2.05, 4.69) is 29.7 Å². The molecule has 4 saturated heterocycles. The molecule has 8 rings (SSSR count). The Kier molecular flexibility index (Phi) is 3.94. The molecule has 8 nitrogen and oxygen atoms in total. The van der Waals surface area contributed by atoms with Crippen LogP contribution in [0, 0.1) is 5.92 Å². The zero-order valence-corrected chi connectivity index (χ0v) is 20.2. The molecule has 8 atom stereocenters. The van der Waals surface area contributed by atoms with Crippen LogP contribution in [0.4, 0.5) is 0 Å². The lowest BCUT2D eigenvalue weighted by Gasteiger charge is -2.66. The van der Waals surface area contributed by atoms with Crippen molar-refractivity contribution in [1.29, 1.82) is 0 Å². The molecule has 5 heterocycles. The van der Waals surface area contributed by atoms with Gasteiger partial charge in [-0.1, -0.05) is 19.9 Å². The third-order valence-electron chi connectivity index (χ3n) is 10.0. The zero-order chi connectivity index (χ0) is 23.0. The molecule has 1 saturated carbocycles. The lowest BCUT2D eigenvalue weighted by atomic mass is 9.46. The normalized spacial score (nSPS) is 47.9. The van der Waals surface area contributed by atoms with Gasteiger partial charge in [0.2, 0.25) is 0 Å². The number of benzene rings is 1. The van der Waals surface area contributed by atoms with Gasteiger partial charge in [-0.3, -0.25) is 4.90 Å². The number of fused-ring (bicyclic) bond motifs is 2. The van der Waals surface area contributed by atoms with Crippen LogP contribution in [0.15, 0.2) is 12.1 Å². The SMILES string of the molecule is COc1ccc2c3c1O[C@H]1[C@]4(CC[C@@]5(O)[C@@H](C2)N(CC(C)C)CC[C@]315)O[C@@H]1CO[C@@H]2CO[C@H]4N21. The highest BCUT2D eigenvalue weighted by molar-refractivity contribution is 5.63. The van der Waals surface area contributed by atoms with E-state index < -0.39 is 16.6 Å². The molecule has 2 aliphatic carbocycles. The van der Waals surface area contributed by atoms with E-state index in [1.807, 2.05) is 6.07 Å². The summed E-state index contributed by atoms with van der Waals surface area (Å²) in [6.07, 6.45) is 2.35. The molecule has 1 aromatic rings. The number of hydrogen-bond donors (Lipinski definition) is 1. The maximum atomic E-state index is 12.8. The summed E-state index contributed by atoms with van der Waals surface area (Å²) in [6, 6.07) is 4.30. The first-order valence-electron chi connectivity index (χ1n) is 12.9. The number of ether oxygens (including phenoxy) is 5. The van der Waals surface area contributed by atoms with E-state index >= 15 is 0 Å². The molecular weight excluding hydrogens is 436 g/mol. The Hall–Kier alpha value is -1.42. The molecular formula is C26H34N2O6. The number of likely N-dealkylation sites (tertiary alicyclic amines) is 1. The number of nitrogens with zero attached hydrogens (tertiary/aromatic N) is 2. The molecule has 8 heteroatoms. The molecule has 5 aliphatic heterocycles. The summed E-state index contributed by atoms with van der Waals surface area (Å²) in [6.45, 7) is 7.59. The maximum Gasteiger partial charge on any atom is 0.166 e. The van der Waals surface area contributed by atoms with Gasteiger partial charge in [0, 0.05) is 18.2 Å². The summed E-state index contributed by atoms with van der Waals surface area (Å²) >= 11 is 0. The lowest BCUT2D eigenvalue weighted by molar-refractivity contribution is -0.259. The summed E-state index contributed by atoms with van der Waals surface area (Å²) in [5, 5.41) is 12.8. The van der Waals surface area contributed by atoms with Crippen molar-refractivity contribution in [3.05, 3.63) is 23.3 Å². The summed E-state index contributed by atoms with van der Waals surface area (Å²) < 4.78 is 31.9. The van der Waals surface area contributed by atoms with Crippen LogP contribution in [0.2, 0.25) is 0 Å². The highest BCUT2D eigenvalue weighted by Gasteiger charge is 2.80.